The molecule has 1 aliphatic rings. The third-order valence-corrected chi connectivity index (χ3v) is 5.29. The predicted molar refractivity (Wildman–Crippen MR) is 81.6 cm³/mol. The van der Waals surface area contributed by atoms with Crippen LogP contribution in [0.25, 0.3) is 0 Å². The molecule has 2 N–H and O–H groups in total. The molecule has 1 atom stereocenters. The smallest absolute Gasteiger partial charge is 0.243 e. The Labute approximate surface area is 126 Å². The normalized spacial score (nSPS) is 20.2. The Morgan fingerprint density at radius 1 is 1.48 bits per heavy atom. The predicted octanol–water partition coefficient (Wildman–Crippen LogP) is -0.135. The average molecular weight is 315 g/mol. The van der Waals surface area contributed by atoms with E-state index in [4.69, 9.17) is 0 Å². The van der Waals surface area contributed by atoms with Crippen LogP contribution in [0.1, 0.15) is 19.3 Å². The monoisotopic (exact) mass is 315 g/mol. The Morgan fingerprint density at radius 3 is 2.95 bits per heavy atom. The molecule has 1 aliphatic heterocycles. The van der Waals surface area contributed by atoms with Gasteiger partial charge in [0.1, 0.15) is 4.90 Å². The molecular formula is C13H25N5O2S. The van der Waals surface area contributed by atoms with Crippen LogP contribution in [0.5, 0.6) is 0 Å². The van der Waals surface area contributed by atoms with Gasteiger partial charge in [-0.3, -0.25) is 4.68 Å². The summed E-state index contributed by atoms with van der Waals surface area (Å²) >= 11 is 0. The lowest BCUT2D eigenvalue weighted by Crippen LogP contribution is -2.38. The SMILES string of the molecule is CNCCCn1cc(S(=O)(=O)NCC2CCCN2C)cn1. The van der Waals surface area contributed by atoms with Crippen molar-refractivity contribution in [3.63, 3.8) is 0 Å². The number of aromatic nitrogens is 2. The number of hydrogen-bond donors (Lipinski definition) is 2. The zero-order valence-electron chi connectivity index (χ0n) is 12.7. The van der Waals surface area contributed by atoms with Crippen molar-refractivity contribution in [3.05, 3.63) is 12.4 Å². The number of aryl methyl sites for hydroxylation is 1. The molecule has 1 unspecified atom stereocenters. The van der Waals surface area contributed by atoms with E-state index in [1.807, 2.05) is 14.1 Å². The number of sulfonamides is 1. The number of hydrogen-bond acceptors (Lipinski definition) is 5. The Morgan fingerprint density at radius 2 is 2.29 bits per heavy atom. The van der Waals surface area contributed by atoms with Gasteiger partial charge in [0.15, 0.2) is 0 Å². The summed E-state index contributed by atoms with van der Waals surface area (Å²) in [5.74, 6) is 0. The van der Waals surface area contributed by atoms with E-state index >= 15 is 0 Å². The second-order valence-corrected chi connectivity index (χ2v) is 7.29. The average Bonchev–Trinajstić information content (AvgIpc) is 3.06. The van der Waals surface area contributed by atoms with Crippen molar-refractivity contribution in [2.75, 3.05) is 33.7 Å². The minimum Gasteiger partial charge on any atom is -0.320 e. The Bertz CT molecular complexity index is 543. The molecule has 8 heteroatoms. The van der Waals surface area contributed by atoms with E-state index in [0.717, 1.165) is 32.4 Å². The molecule has 0 aliphatic carbocycles. The summed E-state index contributed by atoms with van der Waals surface area (Å²) in [6, 6.07) is 0.297. The van der Waals surface area contributed by atoms with Crippen molar-refractivity contribution >= 4 is 10.0 Å². The van der Waals surface area contributed by atoms with Gasteiger partial charge in [0, 0.05) is 25.3 Å². The molecule has 0 radical (unpaired) electrons. The lowest BCUT2D eigenvalue weighted by Gasteiger charge is -2.19. The van der Waals surface area contributed by atoms with Crippen molar-refractivity contribution in [2.45, 2.75) is 36.7 Å². The Balaban J connectivity index is 1.89. The van der Waals surface area contributed by atoms with Crippen LogP contribution in [0.2, 0.25) is 0 Å². The number of nitrogens with zero attached hydrogens (tertiary/aromatic N) is 3. The van der Waals surface area contributed by atoms with Gasteiger partial charge in [-0.1, -0.05) is 0 Å². The van der Waals surface area contributed by atoms with Crippen LogP contribution >= 0.6 is 0 Å². The van der Waals surface area contributed by atoms with Crippen molar-refractivity contribution in [2.24, 2.45) is 0 Å². The number of rotatable bonds is 8. The standard InChI is InChI=1S/C13H25N5O2S/c1-14-6-4-8-18-11-13(10-15-18)21(19,20)16-9-12-5-3-7-17(12)2/h10-12,14,16H,3-9H2,1-2H3. The fourth-order valence-corrected chi connectivity index (χ4v) is 3.57. The van der Waals surface area contributed by atoms with Crippen LogP contribution in [0.3, 0.4) is 0 Å². The van der Waals surface area contributed by atoms with Gasteiger partial charge in [-0.05, 0) is 46.4 Å². The molecule has 1 aromatic rings. The summed E-state index contributed by atoms with van der Waals surface area (Å²) in [5.41, 5.74) is 0. The molecule has 0 aromatic carbocycles. The van der Waals surface area contributed by atoms with Gasteiger partial charge in [0.05, 0.1) is 6.20 Å². The van der Waals surface area contributed by atoms with Gasteiger partial charge in [-0.15, -0.1) is 0 Å². The first-order valence-electron chi connectivity index (χ1n) is 7.40. The third-order valence-electron chi connectivity index (χ3n) is 3.91. The van der Waals surface area contributed by atoms with Crippen LogP contribution < -0.4 is 10.0 Å². The van der Waals surface area contributed by atoms with Crippen molar-refractivity contribution in [1.29, 1.82) is 0 Å². The van der Waals surface area contributed by atoms with Crippen molar-refractivity contribution in [1.82, 2.24) is 24.7 Å². The van der Waals surface area contributed by atoms with Gasteiger partial charge in [0.2, 0.25) is 10.0 Å². The summed E-state index contributed by atoms with van der Waals surface area (Å²) in [6.45, 7) is 3.09. The van der Waals surface area contributed by atoms with Crippen LogP contribution in [0.15, 0.2) is 17.3 Å². The van der Waals surface area contributed by atoms with E-state index in [1.54, 1.807) is 10.9 Å². The van der Waals surface area contributed by atoms with Gasteiger partial charge in [0.25, 0.3) is 0 Å². The zero-order chi connectivity index (χ0) is 15.3. The summed E-state index contributed by atoms with van der Waals surface area (Å²) in [4.78, 5) is 2.44. The molecule has 21 heavy (non-hydrogen) atoms. The molecule has 7 nitrogen and oxygen atoms in total. The molecule has 0 spiro atoms. The second-order valence-electron chi connectivity index (χ2n) is 5.52. The molecule has 120 valence electrons. The quantitative estimate of drug-likeness (QED) is 0.653. The highest BCUT2D eigenvalue weighted by molar-refractivity contribution is 7.89. The topological polar surface area (TPSA) is 79.3 Å². The molecule has 1 saturated heterocycles. The van der Waals surface area contributed by atoms with E-state index in [1.165, 1.54) is 6.20 Å². The summed E-state index contributed by atoms with van der Waals surface area (Å²) < 4.78 is 28.9. The molecule has 0 bridgehead atoms. The van der Waals surface area contributed by atoms with Gasteiger partial charge in [-0.2, -0.15) is 5.10 Å². The molecule has 2 heterocycles. The van der Waals surface area contributed by atoms with Gasteiger partial charge in [-0.25, -0.2) is 13.1 Å². The fraction of sp³-hybridized carbons (Fsp3) is 0.769. The molecule has 0 amide bonds. The van der Waals surface area contributed by atoms with Crippen molar-refractivity contribution in [3.8, 4) is 0 Å². The minimum absolute atomic E-state index is 0.243. The number of nitrogens with one attached hydrogen (secondary N) is 2. The molecule has 2 rings (SSSR count). The first-order chi connectivity index (χ1) is 10.0. The fourth-order valence-electron chi connectivity index (χ4n) is 2.55. The van der Waals surface area contributed by atoms with E-state index in [0.29, 0.717) is 19.1 Å². The highest BCUT2D eigenvalue weighted by atomic mass is 32.2. The maximum absolute atomic E-state index is 12.2. The highest BCUT2D eigenvalue weighted by Gasteiger charge is 2.24. The third kappa shape index (κ3) is 4.50. The largest absolute Gasteiger partial charge is 0.320 e. The summed E-state index contributed by atoms with van der Waals surface area (Å²) in [5, 5.41) is 7.16. The van der Waals surface area contributed by atoms with E-state index in [9.17, 15) is 8.42 Å². The van der Waals surface area contributed by atoms with Gasteiger partial charge >= 0.3 is 0 Å². The minimum atomic E-state index is -3.46. The summed E-state index contributed by atoms with van der Waals surface area (Å²) in [6.07, 6.45) is 6.10. The van der Waals surface area contributed by atoms with Crippen molar-refractivity contribution < 1.29 is 8.42 Å². The highest BCUT2D eigenvalue weighted by Crippen LogP contribution is 2.15. The Hall–Kier alpha value is -0.960. The van der Waals surface area contributed by atoms with Crippen LogP contribution in [-0.4, -0.2) is 62.9 Å². The number of likely N-dealkylation sites (N-methyl/N-ethyl adjacent to an activating group) is 1. The molecule has 1 aromatic heterocycles. The van der Waals surface area contributed by atoms with E-state index in [2.05, 4.69) is 20.0 Å². The van der Waals surface area contributed by atoms with Crippen LogP contribution in [0.4, 0.5) is 0 Å². The van der Waals surface area contributed by atoms with E-state index in [-0.39, 0.29) is 4.90 Å². The lowest BCUT2D eigenvalue weighted by atomic mass is 10.2. The van der Waals surface area contributed by atoms with Crippen LogP contribution in [-0.2, 0) is 16.6 Å². The molecule has 1 fully saturated rings. The number of likely N-dealkylation sites (tertiary alicyclic amines) is 1. The molecular weight excluding hydrogens is 290 g/mol. The van der Waals surface area contributed by atoms with E-state index < -0.39 is 10.0 Å². The first kappa shape index (κ1) is 16.4. The van der Waals surface area contributed by atoms with Gasteiger partial charge < -0.3 is 10.2 Å². The summed E-state index contributed by atoms with van der Waals surface area (Å²) in [7, 11) is 0.469. The maximum atomic E-state index is 12.2. The first-order valence-corrected chi connectivity index (χ1v) is 8.88. The van der Waals surface area contributed by atoms with Crippen LogP contribution in [0, 0.1) is 0 Å². The Kier molecular flexibility index (Phi) is 5.74. The molecule has 0 saturated carbocycles. The maximum Gasteiger partial charge on any atom is 0.243 e. The lowest BCUT2D eigenvalue weighted by molar-refractivity contribution is 0.311. The zero-order valence-corrected chi connectivity index (χ0v) is 13.6. The second kappa shape index (κ2) is 7.35.